The number of fused-ring (bicyclic) bond motifs is 1. The SMILES string of the molecule is Cc1cc(OCC(=O)Nc2ccc3c(c2)N(C)C(=O)[C@@H](C)O3)ccc1Cl. The Bertz CT molecular complexity index is 869. The van der Waals surface area contributed by atoms with Crippen LogP contribution in [-0.4, -0.2) is 31.6 Å². The van der Waals surface area contributed by atoms with Gasteiger partial charge in [-0.2, -0.15) is 0 Å². The molecule has 1 N–H and O–H groups in total. The zero-order valence-electron chi connectivity index (χ0n) is 14.7. The number of nitrogens with one attached hydrogen (secondary N) is 1. The second-order valence-corrected chi connectivity index (χ2v) is 6.49. The largest absolute Gasteiger partial charge is 0.484 e. The number of nitrogens with zero attached hydrogens (tertiary/aromatic N) is 1. The Hall–Kier alpha value is -2.73. The summed E-state index contributed by atoms with van der Waals surface area (Å²) in [5, 5.41) is 3.40. The Balaban J connectivity index is 1.64. The molecule has 1 atom stereocenters. The molecule has 0 saturated carbocycles. The van der Waals surface area contributed by atoms with E-state index in [0.717, 1.165) is 5.56 Å². The summed E-state index contributed by atoms with van der Waals surface area (Å²) >= 11 is 5.97. The summed E-state index contributed by atoms with van der Waals surface area (Å²) in [5.41, 5.74) is 2.05. The third-order valence-electron chi connectivity index (χ3n) is 4.09. The van der Waals surface area contributed by atoms with Crippen LogP contribution in [-0.2, 0) is 9.59 Å². The van der Waals surface area contributed by atoms with Crippen LogP contribution in [0.25, 0.3) is 0 Å². The molecule has 1 aliphatic rings. The van der Waals surface area contributed by atoms with Crippen molar-refractivity contribution in [3.05, 3.63) is 47.0 Å². The molecule has 2 aromatic carbocycles. The summed E-state index contributed by atoms with van der Waals surface area (Å²) in [6.07, 6.45) is -0.524. The van der Waals surface area contributed by atoms with Crippen LogP contribution in [0, 0.1) is 6.92 Å². The van der Waals surface area contributed by atoms with Crippen molar-refractivity contribution in [2.75, 3.05) is 23.9 Å². The number of rotatable bonds is 4. The van der Waals surface area contributed by atoms with Gasteiger partial charge in [-0.15, -0.1) is 0 Å². The highest BCUT2D eigenvalue weighted by Crippen LogP contribution is 2.35. The maximum Gasteiger partial charge on any atom is 0.267 e. The fourth-order valence-electron chi connectivity index (χ4n) is 2.64. The molecule has 0 fully saturated rings. The smallest absolute Gasteiger partial charge is 0.267 e. The van der Waals surface area contributed by atoms with E-state index in [2.05, 4.69) is 5.32 Å². The summed E-state index contributed by atoms with van der Waals surface area (Å²) in [6.45, 7) is 3.43. The van der Waals surface area contributed by atoms with Crippen LogP contribution >= 0.6 is 11.6 Å². The quantitative estimate of drug-likeness (QED) is 0.890. The highest BCUT2D eigenvalue weighted by Gasteiger charge is 2.29. The minimum atomic E-state index is -0.524. The van der Waals surface area contributed by atoms with Gasteiger partial charge in [-0.05, 0) is 55.8 Å². The number of likely N-dealkylation sites (N-methyl/N-ethyl adjacent to an activating group) is 1. The first kappa shape index (κ1) is 18.1. The van der Waals surface area contributed by atoms with Crippen molar-refractivity contribution in [3.8, 4) is 11.5 Å². The first-order valence-electron chi connectivity index (χ1n) is 8.12. The third kappa shape index (κ3) is 3.75. The monoisotopic (exact) mass is 374 g/mol. The van der Waals surface area contributed by atoms with Crippen LogP contribution in [0.5, 0.6) is 11.5 Å². The molecule has 0 aromatic heterocycles. The molecule has 26 heavy (non-hydrogen) atoms. The molecule has 2 aromatic rings. The standard InChI is InChI=1S/C19H19ClN2O4/c1-11-8-14(5-6-15(11)20)25-10-18(23)21-13-4-7-17-16(9-13)22(3)19(24)12(2)26-17/h4-9,12H,10H2,1-3H3,(H,21,23)/t12-/m1/s1. The predicted molar refractivity (Wildman–Crippen MR) is 100 cm³/mol. The molecule has 1 aliphatic heterocycles. The van der Waals surface area contributed by atoms with E-state index in [4.69, 9.17) is 21.1 Å². The van der Waals surface area contributed by atoms with Crippen LogP contribution in [0.15, 0.2) is 36.4 Å². The van der Waals surface area contributed by atoms with Crippen LogP contribution in [0.3, 0.4) is 0 Å². The molecule has 0 saturated heterocycles. The molecular formula is C19H19ClN2O4. The Kier molecular flexibility index (Phi) is 5.04. The predicted octanol–water partition coefficient (Wildman–Crippen LogP) is 3.41. The lowest BCUT2D eigenvalue weighted by atomic mass is 10.2. The van der Waals surface area contributed by atoms with Gasteiger partial charge in [-0.1, -0.05) is 11.6 Å². The minimum absolute atomic E-state index is 0.137. The van der Waals surface area contributed by atoms with Crippen LogP contribution in [0.1, 0.15) is 12.5 Å². The Morgan fingerprint density at radius 2 is 2.08 bits per heavy atom. The number of hydrogen-bond donors (Lipinski definition) is 1. The fourth-order valence-corrected chi connectivity index (χ4v) is 2.76. The van der Waals surface area contributed by atoms with Crippen LogP contribution in [0.2, 0.25) is 5.02 Å². The highest BCUT2D eigenvalue weighted by molar-refractivity contribution is 6.31. The van der Waals surface area contributed by atoms with E-state index in [-0.39, 0.29) is 18.4 Å². The number of amides is 2. The normalized spacial score (nSPS) is 15.9. The maximum atomic E-state index is 12.1. The van der Waals surface area contributed by atoms with Gasteiger partial charge in [0.05, 0.1) is 5.69 Å². The molecule has 1 heterocycles. The second kappa shape index (κ2) is 7.25. The number of halogens is 1. The summed E-state index contributed by atoms with van der Waals surface area (Å²) in [4.78, 5) is 25.7. The Labute approximate surface area is 156 Å². The van der Waals surface area contributed by atoms with Gasteiger partial charge in [0.2, 0.25) is 0 Å². The zero-order chi connectivity index (χ0) is 18.8. The fraction of sp³-hybridized carbons (Fsp3) is 0.263. The molecule has 7 heteroatoms. The Morgan fingerprint density at radius 1 is 1.31 bits per heavy atom. The highest BCUT2D eigenvalue weighted by atomic mass is 35.5. The van der Waals surface area contributed by atoms with Gasteiger partial charge in [0.15, 0.2) is 12.7 Å². The first-order chi connectivity index (χ1) is 12.3. The lowest BCUT2D eigenvalue weighted by Gasteiger charge is -2.30. The number of anilines is 2. The van der Waals surface area contributed by atoms with Crippen molar-refractivity contribution >= 4 is 34.8 Å². The van der Waals surface area contributed by atoms with Crippen LogP contribution in [0.4, 0.5) is 11.4 Å². The van der Waals surface area contributed by atoms with Gasteiger partial charge >= 0.3 is 0 Å². The number of ether oxygens (including phenoxy) is 2. The van der Waals surface area contributed by atoms with Crippen molar-refractivity contribution < 1.29 is 19.1 Å². The molecule has 0 aliphatic carbocycles. The molecule has 0 spiro atoms. The summed E-state index contributed by atoms with van der Waals surface area (Å²) in [6, 6.07) is 10.4. The minimum Gasteiger partial charge on any atom is -0.484 e. The van der Waals surface area contributed by atoms with E-state index >= 15 is 0 Å². The van der Waals surface area contributed by atoms with Gasteiger partial charge in [-0.3, -0.25) is 9.59 Å². The average Bonchev–Trinajstić information content (AvgIpc) is 2.61. The molecule has 0 radical (unpaired) electrons. The molecule has 136 valence electrons. The summed E-state index contributed by atoms with van der Waals surface area (Å²) in [5.74, 6) is 0.727. The Morgan fingerprint density at radius 3 is 2.81 bits per heavy atom. The van der Waals surface area contributed by atoms with Gasteiger partial charge < -0.3 is 19.7 Å². The number of carbonyl (C=O) groups excluding carboxylic acids is 2. The number of carbonyl (C=O) groups is 2. The lowest BCUT2D eigenvalue weighted by molar-refractivity contribution is -0.125. The summed E-state index contributed by atoms with van der Waals surface area (Å²) in [7, 11) is 1.68. The van der Waals surface area contributed by atoms with Crippen LogP contribution < -0.4 is 19.7 Å². The van der Waals surface area contributed by atoms with Crippen molar-refractivity contribution in [2.45, 2.75) is 20.0 Å². The van der Waals surface area contributed by atoms with E-state index in [1.54, 1.807) is 50.4 Å². The van der Waals surface area contributed by atoms with E-state index in [1.165, 1.54) is 4.90 Å². The average molecular weight is 375 g/mol. The number of hydrogen-bond acceptors (Lipinski definition) is 4. The van der Waals surface area contributed by atoms with Crippen molar-refractivity contribution in [1.82, 2.24) is 0 Å². The molecule has 6 nitrogen and oxygen atoms in total. The van der Waals surface area contributed by atoms with Gasteiger partial charge in [-0.25, -0.2) is 0 Å². The molecule has 0 unspecified atom stereocenters. The van der Waals surface area contributed by atoms with Gasteiger partial charge in [0.1, 0.15) is 11.5 Å². The first-order valence-corrected chi connectivity index (χ1v) is 8.50. The molecule has 0 bridgehead atoms. The third-order valence-corrected chi connectivity index (χ3v) is 4.51. The van der Waals surface area contributed by atoms with Crippen molar-refractivity contribution in [1.29, 1.82) is 0 Å². The van der Waals surface area contributed by atoms with E-state index in [0.29, 0.717) is 27.9 Å². The molecular weight excluding hydrogens is 356 g/mol. The lowest BCUT2D eigenvalue weighted by Crippen LogP contribution is -2.42. The van der Waals surface area contributed by atoms with E-state index in [9.17, 15) is 9.59 Å². The van der Waals surface area contributed by atoms with Crippen molar-refractivity contribution in [2.24, 2.45) is 0 Å². The van der Waals surface area contributed by atoms with E-state index in [1.807, 2.05) is 6.92 Å². The number of benzene rings is 2. The topological polar surface area (TPSA) is 67.9 Å². The molecule has 2 amide bonds. The van der Waals surface area contributed by atoms with Gasteiger partial charge in [0.25, 0.3) is 11.8 Å². The van der Waals surface area contributed by atoms with Gasteiger partial charge in [0, 0.05) is 17.8 Å². The molecule has 3 rings (SSSR count). The van der Waals surface area contributed by atoms with Crippen molar-refractivity contribution in [3.63, 3.8) is 0 Å². The zero-order valence-corrected chi connectivity index (χ0v) is 15.5. The second-order valence-electron chi connectivity index (χ2n) is 6.09. The number of aryl methyl sites for hydroxylation is 1. The summed E-state index contributed by atoms with van der Waals surface area (Å²) < 4.78 is 11.0. The van der Waals surface area contributed by atoms with E-state index < -0.39 is 6.10 Å². The maximum absolute atomic E-state index is 12.1.